The summed E-state index contributed by atoms with van der Waals surface area (Å²) in [6, 6.07) is -3.40. The molecule has 15 unspecified atom stereocenters. The standard InChI is InChI=1S/C77H126N10O32/c1-46(89)84-66-72(114-54(9)97)69(111-51(6)94)57(43-88)117-75(66)106-40-17-12-25-60(100)80-34-21-29-64(104)83-37-24-39-87(65(105)30-22-35-81-62(102)27-14-19-42-108-77-68(86-48(3)91)74(116-56(11)99)71(113-53(8)96)59(119-77)45-110-50(5)93)38-16-15-31-78-32-23-36-82-63(103)28-20-33-79-61(101)26-13-18-41-107-76-67(85-47(2)90)73(115-55(10)98)70(112-52(7)95)58(118-76)44-109-49(4)92/h57-59,66-78,88H,12-45H2,1-11H3,(H,79,101)(H,80,100)(H,81,102)(H,82,103)(H,83,104)(H,84,89)(H,85,90)(H,86,91). The van der Waals surface area contributed by atoms with Crippen LogP contribution in [0.1, 0.15) is 198 Å². The van der Waals surface area contributed by atoms with Crippen LogP contribution in [0.3, 0.4) is 0 Å². The van der Waals surface area contributed by atoms with Gasteiger partial charge in [-0.05, 0) is 96.6 Å². The van der Waals surface area contributed by atoms with E-state index in [1.54, 1.807) is 4.90 Å². The molecule has 3 saturated heterocycles. The Balaban J connectivity index is 1.45. The molecule has 3 aliphatic heterocycles. The maximum atomic E-state index is 13.8. The molecule has 15 atom stereocenters. The number of unbranched alkanes of at least 4 members (excludes halogenated alkanes) is 4. The zero-order valence-corrected chi connectivity index (χ0v) is 70.3. The van der Waals surface area contributed by atoms with Crippen LogP contribution in [-0.2, 0) is 148 Å². The van der Waals surface area contributed by atoms with Crippen LogP contribution < -0.4 is 47.9 Å². The third kappa shape index (κ3) is 44.5. The molecule has 0 spiro atoms. The van der Waals surface area contributed by atoms with E-state index in [0.717, 1.165) is 48.5 Å². The van der Waals surface area contributed by atoms with Gasteiger partial charge in [-0.1, -0.05) is 0 Å². The number of hydrogen-bond acceptors (Lipinski definition) is 33. The average Bonchev–Trinajstić information content (AvgIpc) is 0.799. The first-order valence-electron chi connectivity index (χ1n) is 40.4. The first kappa shape index (κ1) is 104. The van der Waals surface area contributed by atoms with Crippen molar-refractivity contribution in [1.29, 1.82) is 0 Å². The fourth-order valence-electron chi connectivity index (χ4n) is 12.9. The number of carbonyl (C=O) groups is 17. The minimum atomic E-state index is -1.30. The Morgan fingerprint density at radius 1 is 0.303 bits per heavy atom. The molecule has 3 fully saturated rings. The molecule has 119 heavy (non-hydrogen) atoms. The summed E-state index contributed by atoms with van der Waals surface area (Å²) in [5.41, 5.74) is 0. The fourth-order valence-corrected chi connectivity index (χ4v) is 12.9. The molecule has 42 heteroatoms. The minimum Gasteiger partial charge on any atom is -0.463 e. The smallest absolute Gasteiger partial charge is 0.303 e. The highest BCUT2D eigenvalue weighted by Crippen LogP contribution is 2.32. The summed E-state index contributed by atoms with van der Waals surface area (Å²) in [4.78, 5) is 212. The molecule has 0 saturated carbocycles. The van der Waals surface area contributed by atoms with Crippen LogP contribution in [0.5, 0.6) is 0 Å². The predicted molar refractivity (Wildman–Crippen MR) is 413 cm³/mol. The average molecular weight is 1700 g/mol. The highest BCUT2D eigenvalue weighted by molar-refractivity contribution is 5.80. The van der Waals surface area contributed by atoms with E-state index >= 15 is 0 Å². The number of rotatable bonds is 57. The molecule has 9 amide bonds. The summed E-state index contributed by atoms with van der Waals surface area (Å²) in [5.74, 6) is -8.79. The van der Waals surface area contributed by atoms with Crippen molar-refractivity contribution >= 4 is 101 Å². The summed E-state index contributed by atoms with van der Waals surface area (Å²) < 4.78 is 78.5. The molecule has 10 N–H and O–H groups in total. The van der Waals surface area contributed by atoms with Gasteiger partial charge in [-0.15, -0.1) is 0 Å². The Labute approximate surface area is 692 Å². The Bertz CT molecular complexity index is 3260. The monoisotopic (exact) mass is 1700 g/mol. The number of hydrogen-bond donors (Lipinski definition) is 10. The number of aliphatic hydroxyl groups is 1. The maximum absolute atomic E-state index is 13.8. The first-order valence-corrected chi connectivity index (χ1v) is 40.4. The van der Waals surface area contributed by atoms with Gasteiger partial charge in [0.2, 0.25) is 53.2 Å². The van der Waals surface area contributed by atoms with Crippen molar-refractivity contribution in [2.75, 3.05) is 98.5 Å². The number of ether oxygens (including phenoxy) is 14. The van der Waals surface area contributed by atoms with E-state index in [1.165, 1.54) is 27.7 Å². The largest absolute Gasteiger partial charge is 0.463 e. The zero-order valence-electron chi connectivity index (χ0n) is 70.3. The van der Waals surface area contributed by atoms with E-state index < -0.39 is 171 Å². The molecular weight excluding hydrogens is 1580 g/mol. The molecule has 676 valence electrons. The fraction of sp³-hybridized carbons (Fsp3) is 0.779. The molecule has 0 aromatic rings. The van der Waals surface area contributed by atoms with Gasteiger partial charge in [-0.2, -0.15) is 0 Å². The Morgan fingerprint density at radius 3 is 0.916 bits per heavy atom. The van der Waals surface area contributed by atoms with E-state index in [-0.39, 0.29) is 127 Å². The van der Waals surface area contributed by atoms with Crippen LogP contribution in [0.2, 0.25) is 0 Å². The molecule has 0 bridgehead atoms. The van der Waals surface area contributed by atoms with E-state index in [9.17, 15) is 86.6 Å². The molecule has 42 nitrogen and oxygen atoms in total. The summed E-state index contributed by atoms with van der Waals surface area (Å²) >= 11 is 0. The second-order valence-corrected chi connectivity index (χ2v) is 28.6. The lowest BCUT2D eigenvalue weighted by molar-refractivity contribution is -0.277. The lowest BCUT2D eigenvalue weighted by Crippen LogP contribution is -2.66. The van der Waals surface area contributed by atoms with Crippen LogP contribution in [0.25, 0.3) is 0 Å². The molecular formula is C77H126N10O32. The second kappa shape index (κ2) is 58.6. The van der Waals surface area contributed by atoms with Crippen molar-refractivity contribution in [1.82, 2.24) is 52.8 Å². The van der Waals surface area contributed by atoms with Gasteiger partial charge in [0.25, 0.3) is 0 Å². The van der Waals surface area contributed by atoms with Crippen LogP contribution >= 0.6 is 0 Å². The molecule has 0 radical (unpaired) electrons. The third-order valence-electron chi connectivity index (χ3n) is 18.0. The van der Waals surface area contributed by atoms with Gasteiger partial charge in [-0.3, -0.25) is 81.5 Å². The second-order valence-electron chi connectivity index (χ2n) is 28.6. The molecule has 3 rings (SSSR count). The van der Waals surface area contributed by atoms with Crippen molar-refractivity contribution < 1.29 is 153 Å². The van der Waals surface area contributed by atoms with Crippen molar-refractivity contribution in [3.05, 3.63) is 0 Å². The van der Waals surface area contributed by atoms with E-state index in [2.05, 4.69) is 47.9 Å². The summed E-state index contributed by atoms with van der Waals surface area (Å²) in [7, 11) is 0. The quantitative estimate of drug-likeness (QED) is 0.0195. The Kier molecular flexibility index (Phi) is 51.1. The highest BCUT2D eigenvalue weighted by Gasteiger charge is 2.54. The Hall–Kier alpha value is -9.33. The van der Waals surface area contributed by atoms with Crippen LogP contribution in [0, 0.1) is 0 Å². The van der Waals surface area contributed by atoms with Gasteiger partial charge in [0.05, 0.1) is 6.61 Å². The van der Waals surface area contributed by atoms with E-state index in [1.807, 2.05) is 0 Å². The normalized spacial score (nSPS) is 22.4. The number of nitrogens with one attached hydrogen (secondary N) is 9. The van der Waals surface area contributed by atoms with Crippen LogP contribution in [0.4, 0.5) is 0 Å². The lowest BCUT2D eigenvalue weighted by Gasteiger charge is -2.44. The lowest BCUT2D eigenvalue weighted by atomic mass is 9.96. The molecule has 3 aliphatic rings. The molecule has 0 aliphatic carbocycles. The topological polar surface area (TPSA) is 551 Å². The van der Waals surface area contributed by atoms with Crippen molar-refractivity contribution in [3.63, 3.8) is 0 Å². The predicted octanol–water partition coefficient (Wildman–Crippen LogP) is -1.16. The number of aliphatic hydroxyl groups excluding tert-OH is 1. The summed E-state index contributed by atoms with van der Waals surface area (Å²) in [5, 5.41) is 35.4. The van der Waals surface area contributed by atoms with Gasteiger partial charge in [0.1, 0.15) is 49.7 Å². The van der Waals surface area contributed by atoms with Gasteiger partial charge in [-0.25, -0.2) is 0 Å². The molecule has 0 aromatic carbocycles. The van der Waals surface area contributed by atoms with E-state index in [0.29, 0.717) is 116 Å². The van der Waals surface area contributed by atoms with Crippen molar-refractivity contribution in [3.8, 4) is 0 Å². The summed E-state index contributed by atoms with van der Waals surface area (Å²) in [6.45, 7) is 14.7. The molecule has 0 aromatic heterocycles. The maximum Gasteiger partial charge on any atom is 0.303 e. The van der Waals surface area contributed by atoms with Crippen LogP contribution in [0.15, 0.2) is 0 Å². The van der Waals surface area contributed by atoms with Crippen molar-refractivity contribution in [2.24, 2.45) is 0 Å². The highest BCUT2D eigenvalue weighted by atomic mass is 16.7. The number of nitrogens with zero attached hydrogens (tertiary/aromatic N) is 1. The summed E-state index contributed by atoms with van der Waals surface area (Å²) in [6.07, 6.45) is -8.48. The zero-order chi connectivity index (χ0) is 88.4. The van der Waals surface area contributed by atoms with Gasteiger partial charge in [0.15, 0.2) is 55.5 Å². The number of carbonyl (C=O) groups excluding carboxylic acids is 17. The van der Waals surface area contributed by atoms with E-state index in [4.69, 9.17) is 66.3 Å². The third-order valence-corrected chi connectivity index (χ3v) is 18.0. The molecule has 3 heterocycles. The van der Waals surface area contributed by atoms with Gasteiger partial charge >= 0.3 is 47.8 Å². The van der Waals surface area contributed by atoms with Crippen molar-refractivity contribution in [2.45, 2.75) is 290 Å². The first-order chi connectivity index (χ1) is 56.6. The van der Waals surface area contributed by atoms with Gasteiger partial charge in [0, 0.05) is 180 Å². The minimum absolute atomic E-state index is 0.00335. The van der Waals surface area contributed by atoms with Crippen LogP contribution in [-0.4, -0.2) is 301 Å². The number of esters is 8. The van der Waals surface area contributed by atoms with Gasteiger partial charge < -0.3 is 124 Å². The Morgan fingerprint density at radius 2 is 0.588 bits per heavy atom. The SMILES string of the molecule is CC(=O)NC1C(OCCCCC(=O)NCCCC(=O)NCCCN(CCCCNCCCNC(=O)CCCNC(=O)CCCCOC2OC(COC(C)=O)C(OC(C)=O)C(OC(C)=O)C2NC(C)=O)C(=O)CCCNC(=O)CCCCOC2OC(COC(C)=O)C(OC(C)=O)C(OC(C)=O)C2NC(C)=O)OC(CO)C(OC(C)=O)C1OC(C)=O. The number of amides is 9.